The van der Waals surface area contributed by atoms with Crippen LogP contribution in [0.4, 0.5) is 14.1 Å². The van der Waals surface area contributed by atoms with Crippen molar-refractivity contribution >= 4 is 8.41 Å². The lowest BCUT2D eigenvalue weighted by molar-refractivity contribution is 0.321. The lowest BCUT2D eigenvalue weighted by Gasteiger charge is -2.13. The van der Waals surface area contributed by atoms with Crippen LogP contribution in [0, 0.1) is 0 Å². The molecule has 0 heterocycles. The van der Waals surface area contributed by atoms with Crippen LogP contribution in [-0.2, 0) is 0 Å². The molecule has 0 radical (unpaired) electrons. The van der Waals surface area contributed by atoms with Gasteiger partial charge in [0.2, 0.25) is 0 Å². The zero-order valence-corrected chi connectivity index (χ0v) is 17.9. The Morgan fingerprint density at radius 3 is 0.400 bits per heavy atom. The van der Waals surface area contributed by atoms with Gasteiger partial charge in [0.1, 0.15) is 0 Å². The summed E-state index contributed by atoms with van der Waals surface area (Å²) in [5.41, 5.74) is 0. The summed E-state index contributed by atoms with van der Waals surface area (Å²) in [6.07, 6.45) is 0. The third kappa shape index (κ3) is 35.6. The van der Waals surface area contributed by atoms with E-state index in [0.717, 1.165) is 0 Å². The first kappa shape index (κ1) is 44.3. The molecule has 0 bridgehead atoms. The summed E-state index contributed by atoms with van der Waals surface area (Å²) in [6, 6.07) is 0. The van der Waals surface area contributed by atoms with Crippen LogP contribution in [0.25, 0.3) is 0 Å². The Balaban J connectivity index is -0.0000000360. The Bertz CT molecular complexity index is 125. The molecule has 0 unspecified atom stereocenters. The molecule has 0 aromatic carbocycles. The van der Waals surface area contributed by atoms with Gasteiger partial charge in [-0.15, -0.1) is 0 Å². The van der Waals surface area contributed by atoms with E-state index in [0.29, 0.717) is 0 Å². The van der Waals surface area contributed by atoms with E-state index in [9.17, 15) is 0 Å². The number of rotatable bonds is 9. The molecule has 0 spiro atoms. The molecular formula is C18H51BF3N3. The van der Waals surface area contributed by atoms with Gasteiger partial charge in [0, 0.05) is 0 Å². The Labute approximate surface area is 159 Å². The van der Waals surface area contributed by atoms with Gasteiger partial charge >= 0.3 is 0 Å². The second-order valence-corrected chi connectivity index (χ2v) is 4.86. The largest absolute Gasteiger partial charge is 0.304 e. The van der Waals surface area contributed by atoms with Gasteiger partial charge in [-0.1, -0.05) is 62.3 Å². The highest BCUT2D eigenvalue weighted by molar-refractivity contribution is 5.75. The normalized spacial score (nSPS) is 8.64. The summed E-state index contributed by atoms with van der Waals surface area (Å²) < 4.78 is 0. The minimum Gasteiger partial charge on any atom is -0.304 e. The van der Waals surface area contributed by atoms with Gasteiger partial charge in [0.25, 0.3) is 0 Å². The molecule has 0 atom stereocenters. The van der Waals surface area contributed by atoms with E-state index < -0.39 is 0 Å². The van der Waals surface area contributed by atoms with Crippen molar-refractivity contribution < 1.29 is 14.1 Å². The van der Waals surface area contributed by atoms with E-state index in [1.165, 1.54) is 58.9 Å². The molecule has 0 aromatic rings. The van der Waals surface area contributed by atoms with Crippen LogP contribution in [-0.4, -0.2) is 82.0 Å². The number of hydrogen-bond donors (Lipinski definition) is 0. The molecule has 162 valence electrons. The zero-order valence-electron chi connectivity index (χ0n) is 17.9. The SMILES string of the molecule is B.CCN(CC)CC.CCN(CC)CC.CCN(CC)CC.F.F.F. The van der Waals surface area contributed by atoms with Crippen molar-refractivity contribution in [1.29, 1.82) is 0 Å². The lowest BCUT2D eigenvalue weighted by atomic mass is 10.5. The summed E-state index contributed by atoms with van der Waals surface area (Å²) in [6.45, 7) is 30.4. The van der Waals surface area contributed by atoms with Crippen LogP contribution in [0.3, 0.4) is 0 Å². The molecule has 0 fully saturated rings. The predicted octanol–water partition coefficient (Wildman–Crippen LogP) is 3.32. The highest BCUT2D eigenvalue weighted by atomic mass is 19.0. The van der Waals surface area contributed by atoms with E-state index in [1.54, 1.807) is 0 Å². The van der Waals surface area contributed by atoms with E-state index in [2.05, 4.69) is 77.0 Å². The summed E-state index contributed by atoms with van der Waals surface area (Å²) in [7, 11) is 0. The fourth-order valence-corrected chi connectivity index (χ4v) is 2.01. The Morgan fingerprint density at radius 1 is 0.320 bits per heavy atom. The van der Waals surface area contributed by atoms with Crippen LogP contribution >= 0.6 is 0 Å². The minimum absolute atomic E-state index is 0. The van der Waals surface area contributed by atoms with Crippen molar-refractivity contribution in [2.45, 2.75) is 62.3 Å². The molecule has 7 heteroatoms. The molecule has 0 aliphatic rings. The number of hydrogen-bond acceptors (Lipinski definition) is 3. The highest BCUT2D eigenvalue weighted by Crippen LogP contribution is 1.82. The standard InChI is InChI=1S/3C6H15N.BH3.3FH/c3*1-4-7(5-2)6-3;;;;/h3*4-6H2,1-3H3;1H3;3*1H. The molecule has 0 saturated carbocycles. The molecule has 0 rings (SSSR count). The quantitative estimate of drug-likeness (QED) is 0.571. The fourth-order valence-electron chi connectivity index (χ4n) is 2.01. The first-order chi connectivity index (χ1) is 10.0. The predicted molar refractivity (Wildman–Crippen MR) is 118 cm³/mol. The van der Waals surface area contributed by atoms with Crippen molar-refractivity contribution in [3.63, 3.8) is 0 Å². The smallest absolute Gasteiger partial charge is 0.0814 e. The van der Waals surface area contributed by atoms with Crippen LogP contribution < -0.4 is 0 Å². The number of nitrogens with zero attached hydrogens (tertiary/aromatic N) is 3. The number of halogens is 3. The van der Waals surface area contributed by atoms with E-state index in [1.807, 2.05) is 0 Å². The van der Waals surface area contributed by atoms with Gasteiger partial charge < -0.3 is 14.7 Å². The summed E-state index contributed by atoms with van der Waals surface area (Å²) in [5.74, 6) is 0. The van der Waals surface area contributed by atoms with Crippen LogP contribution in [0.15, 0.2) is 0 Å². The molecule has 0 aliphatic heterocycles. The van der Waals surface area contributed by atoms with Crippen molar-refractivity contribution in [2.24, 2.45) is 0 Å². The topological polar surface area (TPSA) is 9.72 Å². The van der Waals surface area contributed by atoms with Gasteiger partial charge in [-0.05, 0) is 58.9 Å². The van der Waals surface area contributed by atoms with Gasteiger partial charge in [0.15, 0.2) is 0 Å². The maximum atomic E-state index is 2.38. The summed E-state index contributed by atoms with van der Waals surface area (Å²) in [4.78, 5) is 7.12. The first-order valence-corrected chi connectivity index (χ1v) is 9.21. The van der Waals surface area contributed by atoms with Gasteiger partial charge in [0.05, 0.1) is 8.41 Å². The maximum Gasteiger partial charge on any atom is 0.0814 e. The average Bonchev–Trinajstić information content (AvgIpc) is 2.54. The fraction of sp³-hybridized carbons (Fsp3) is 1.00. The van der Waals surface area contributed by atoms with Crippen LogP contribution in [0.5, 0.6) is 0 Å². The van der Waals surface area contributed by atoms with E-state index >= 15 is 0 Å². The zero-order chi connectivity index (χ0) is 17.1. The molecule has 0 amide bonds. The second-order valence-electron chi connectivity index (χ2n) is 4.86. The average molecular weight is 377 g/mol. The highest BCUT2D eigenvalue weighted by Gasteiger charge is 1.90. The van der Waals surface area contributed by atoms with Gasteiger partial charge in [-0.2, -0.15) is 0 Å². The van der Waals surface area contributed by atoms with Crippen molar-refractivity contribution in [1.82, 2.24) is 14.7 Å². The Hall–Kier alpha value is -0.265. The molecular weight excluding hydrogens is 326 g/mol. The Morgan fingerprint density at radius 2 is 0.400 bits per heavy atom. The first-order valence-electron chi connectivity index (χ1n) is 9.21. The Kier molecular flexibility index (Phi) is 69.1. The van der Waals surface area contributed by atoms with Crippen molar-refractivity contribution in [2.75, 3.05) is 58.9 Å². The molecule has 0 N–H and O–H groups in total. The second kappa shape index (κ2) is 39.0. The molecule has 0 saturated heterocycles. The van der Waals surface area contributed by atoms with E-state index in [4.69, 9.17) is 0 Å². The maximum absolute atomic E-state index is 2.38. The third-order valence-corrected chi connectivity index (χ3v) is 4.02. The summed E-state index contributed by atoms with van der Waals surface area (Å²) in [5, 5.41) is 0. The minimum atomic E-state index is 0. The van der Waals surface area contributed by atoms with Gasteiger partial charge in [-0.3, -0.25) is 14.1 Å². The van der Waals surface area contributed by atoms with Crippen molar-refractivity contribution in [3.8, 4) is 0 Å². The van der Waals surface area contributed by atoms with E-state index in [-0.39, 0.29) is 22.5 Å². The van der Waals surface area contributed by atoms with Crippen LogP contribution in [0.1, 0.15) is 62.3 Å². The third-order valence-electron chi connectivity index (χ3n) is 4.02. The lowest BCUT2D eigenvalue weighted by Crippen LogP contribution is -2.21. The molecule has 0 aromatic heterocycles. The molecule has 25 heavy (non-hydrogen) atoms. The van der Waals surface area contributed by atoms with Crippen LogP contribution in [0.2, 0.25) is 0 Å². The van der Waals surface area contributed by atoms with Gasteiger partial charge in [-0.25, -0.2) is 0 Å². The molecule has 3 nitrogen and oxygen atoms in total. The summed E-state index contributed by atoms with van der Waals surface area (Å²) >= 11 is 0. The van der Waals surface area contributed by atoms with Crippen molar-refractivity contribution in [3.05, 3.63) is 0 Å². The monoisotopic (exact) mass is 377 g/mol. The molecule has 0 aliphatic carbocycles.